The summed E-state index contributed by atoms with van der Waals surface area (Å²) in [5.74, 6) is 0.854. The van der Waals surface area contributed by atoms with Crippen molar-refractivity contribution in [3.63, 3.8) is 0 Å². The first-order valence-corrected chi connectivity index (χ1v) is 4.33. The van der Waals surface area contributed by atoms with Gasteiger partial charge in [-0.1, -0.05) is 13.8 Å². The number of hydrogen-bond acceptors (Lipinski definition) is 3. The number of oxazole rings is 1. The van der Waals surface area contributed by atoms with Crippen molar-refractivity contribution in [3.05, 3.63) is 17.8 Å². The molecule has 0 amide bonds. The number of nitrogens with zero attached hydrogens (tertiary/aromatic N) is 1. The van der Waals surface area contributed by atoms with Gasteiger partial charge in [-0.05, 0) is 6.42 Å². The summed E-state index contributed by atoms with van der Waals surface area (Å²) >= 11 is 0. The molecule has 1 N–H and O–H groups in total. The van der Waals surface area contributed by atoms with Crippen molar-refractivity contribution in [3.8, 4) is 0 Å². The van der Waals surface area contributed by atoms with E-state index in [1.807, 2.05) is 6.92 Å². The summed E-state index contributed by atoms with van der Waals surface area (Å²) in [5.41, 5.74) is 0.848. The second-order valence-electron chi connectivity index (χ2n) is 3.00. The van der Waals surface area contributed by atoms with Crippen LogP contribution in [-0.4, -0.2) is 16.7 Å². The Morgan fingerprint density at radius 1 is 1.67 bits per heavy atom. The van der Waals surface area contributed by atoms with Gasteiger partial charge < -0.3 is 9.52 Å². The Morgan fingerprint density at radius 3 is 3.00 bits per heavy atom. The van der Waals surface area contributed by atoms with Gasteiger partial charge in [0.2, 0.25) is 0 Å². The lowest BCUT2D eigenvalue weighted by Crippen LogP contribution is -1.99. The fourth-order valence-corrected chi connectivity index (χ4v) is 0.974. The average molecular weight is 169 g/mol. The second kappa shape index (κ2) is 4.26. The van der Waals surface area contributed by atoms with Crippen LogP contribution < -0.4 is 0 Å². The smallest absolute Gasteiger partial charge is 0.194 e. The molecule has 0 aliphatic carbocycles. The molecule has 0 bridgehead atoms. The van der Waals surface area contributed by atoms with Crippen molar-refractivity contribution in [2.24, 2.45) is 0 Å². The van der Waals surface area contributed by atoms with E-state index in [1.165, 1.54) is 0 Å². The first-order valence-electron chi connectivity index (χ1n) is 4.33. The highest BCUT2D eigenvalue weighted by molar-refractivity contribution is 5.02. The summed E-state index contributed by atoms with van der Waals surface area (Å²) < 4.78 is 5.21. The first kappa shape index (κ1) is 9.26. The SMILES string of the molecule is CCCc1nc(C(C)CO)co1. The van der Waals surface area contributed by atoms with Crippen molar-refractivity contribution >= 4 is 0 Å². The standard InChI is InChI=1S/C9H15NO2/c1-3-4-9-10-8(6-12-9)7(2)5-11/h6-7,11H,3-5H2,1-2H3. The second-order valence-corrected chi connectivity index (χ2v) is 3.00. The lowest BCUT2D eigenvalue weighted by Gasteiger charge is -1.99. The van der Waals surface area contributed by atoms with Gasteiger partial charge >= 0.3 is 0 Å². The van der Waals surface area contributed by atoms with Crippen LogP contribution in [-0.2, 0) is 6.42 Å². The topological polar surface area (TPSA) is 46.3 Å². The van der Waals surface area contributed by atoms with Gasteiger partial charge in [0.05, 0.1) is 12.3 Å². The Labute approximate surface area is 72.4 Å². The molecular formula is C9H15NO2. The summed E-state index contributed by atoms with van der Waals surface area (Å²) in [6.07, 6.45) is 3.54. The van der Waals surface area contributed by atoms with Crippen molar-refractivity contribution in [1.82, 2.24) is 4.98 Å². The molecule has 1 rings (SSSR count). The molecule has 12 heavy (non-hydrogen) atoms. The zero-order valence-corrected chi connectivity index (χ0v) is 7.58. The third-order valence-electron chi connectivity index (χ3n) is 1.81. The number of aliphatic hydroxyl groups is 1. The summed E-state index contributed by atoms with van der Waals surface area (Å²) in [4.78, 5) is 4.24. The number of hydrogen-bond donors (Lipinski definition) is 1. The van der Waals surface area contributed by atoms with Crippen LogP contribution in [0.5, 0.6) is 0 Å². The van der Waals surface area contributed by atoms with Gasteiger partial charge in [0.15, 0.2) is 5.89 Å². The van der Waals surface area contributed by atoms with Crippen LogP contribution in [0.1, 0.15) is 37.8 Å². The fraction of sp³-hybridized carbons (Fsp3) is 0.667. The number of rotatable bonds is 4. The van der Waals surface area contributed by atoms with E-state index in [9.17, 15) is 0 Å². The van der Waals surface area contributed by atoms with E-state index in [1.54, 1.807) is 6.26 Å². The van der Waals surface area contributed by atoms with Crippen LogP contribution >= 0.6 is 0 Å². The van der Waals surface area contributed by atoms with Crippen molar-refractivity contribution in [1.29, 1.82) is 0 Å². The Kier molecular flexibility index (Phi) is 3.29. The molecule has 0 radical (unpaired) electrons. The molecule has 0 saturated heterocycles. The average Bonchev–Trinajstić information content (AvgIpc) is 2.52. The third kappa shape index (κ3) is 2.08. The maximum absolute atomic E-state index is 8.85. The Morgan fingerprint density at radius 2 is 2.42 bits per heavy atom. The van der Waals surface area contributed by atoms with E-state index in [0.717, 1.165) is 24.4 Å². The molecule has 1 atom stereocenters. The molecule has 0 saturated carbocycles. The minimum atomic E-state index is 0.0827. The van der Waals surface area contributed by atoms with E-state index in [0.29, 0.717) is 0 Å². The fourth-order valence-electron chi connectivity index (χ4n) is 0.974. The van der Waals surface area contributed by atoms with Gasteiger partial charge in [0, 0.05) is 12.3 Å². The van der Waals surface area contributed by atoms with Crippen LogP contribution in [0.3, 0.4) is 0 Å². The van der Waals surface area contributed by atoms with E-state index in [4.69, 9.17) is 9.52 Å². The predicted molar refractivity (Wildman–Crippen MR) is 46.0 cm³/mol. The number of aryl methyl sites for hydroxylation is 1. The highest BCUT2D eigenvalue weighted by Crippen LogP contribution is 2.14. The number of aromatic nitrogens is 1. The Balaban J connectivity index is 2.63. The van der Waals surface area contributed by atoms with Gasteiger partial charge in [-0.2, -0.15) is 0 Å². The molecule has 0 aromatic carbocycles. The molecule has 68 valence electrons. The van der Waals surface area contributed by atoms with Gasteiger partial charge in [-0.25, -0.2) is 4.98 Å². The van der Waals surface area contributed by atoms with E-state index >= 15 is 0 Å². The zero-order chi connectivity index (χ0) is 8.97. The monoisotopic (exact) mass is 169 g/mol. The molecular weight excluding hydrogens is 154 g/mol. The van der Waals surface area contributed by atoms with E-state index < -0.39 is 0 Å². The minimum absolute atomic E-state index is 0.0827. The Hall–Kier alpha value is -0.830. The van der Waals surface area contributed by atoms with Crippen LogP contribution in [0.2, 0.25) is 0 Å². The lowest BCUT2D eigenvalue weighted by atomic mass is 10.1. The largest absolute Gasteiger partial charge is 0.449 e. The summed E-state index contributed by atoms with van der Waals surface area (Å²) in [5, 5.41) is 8.85. The minimum Gasteiger partial charge on any atom is -0.449 e. The Bertz CT molecular complexity index is 232. The van der Waals surface area contributed by atoms with Gasteiger partial charge in [-0.15, -0.1) is 0 Å². The van der Waals surface area contributed by atoms with Crippen molar-refractivity contribution in [2.45, 2.75) is 32.6 Å². The predicted octanol–water partition coefficient (Wildman–Crippen LogP) is 1.72. The molecule has 0 fully saturated rings. The highest BCUT2D eigenvalue weighted by Gasteiger charge is 2.09. The molecule has 0 spiro atoms. The van der Waals surface area contributed by atoms with Crippen LogP contribution in [0.15, 0.2) is 10.7 Å². The van der Waals surface area contributed by atoms with Crippen LogP contribution in [0, 0.1) is 0 Å². The quantitative estimate of drug-likeness (QED) is 0.746. The molecule has 0 aliphatic heterocycles. The molecule has 1 unspecified atom stereocenters. The van der Waals surface area contributed by atoms with Gasteiger partial charge in [0.25, 0.3) is 0 Å². The van der Waals surface area contributed by atoms with Crippen molar-refractivity contribution < 1.29 is 9.52 Å². The van der Waals surface area contributed by atoms with Crippen molar-refractivity contribution in [2.75, 3.05) is 6.61 Å². The van der Waals surface area contributed by atoms with Gasteiger partial charge in [-0.3, -0.25) is 0 Å². The third-order valence-corrected chi connectivity index (χ3v) is 1.81. The van der Waals surface area contributed by atoms with E-state index in [-0.39, 0.29) is 12.5 Å². The van der Waals surface area contributed by atoms with Gasteiger partial charge in [0.1, 0.15) is 6.26 Å². The lowest BCUT2D eigenvalue weighted by molar-refractivity contribution is 0.271. The van der Waals surface area contributed by atoms with E-state index in [2.05, 4.69) is 11.9 Å². The van der Waals surface area contributed by atoms with Crippen LogP contribution in [0.4, 0.5) is 0 Å². The summed E-state index contributed by atoms with van der Waals surface area (Å²) in [7, 11) is 0. The maximum Gasteiger partial charge on any atom is 0.194 e. The normalized spacial score (nSPS) is 13.2. The molecule has 3 nitrogen and oxygen atoms in total. The zero-order valence-electron chi connectivity index (χ0n) is 7.58. The van der Waals surface area contributed by atoms with Crippen LogP contribution in [0.25, 0.3) is 0 Å². The maximum atomic E-state index is 8.85. The number of aliphatic hydroxyl groups excluding tert-OH is 1. The molecule has 0 aliphatic rings. The summed E-state index contributed by atoms with van der Waals surface area (Å²) in [6, 6.07) is 0. The summed E-state index contributed by atoms with van der Waals surface area (Å²) in [6.45, 7) is 4.13. The molecule has 1 aromatic rings. The highest BCUT2D eigenvalue weighted by atomic mass is 16.3. The first-order chi connectivity index (χ1) is 5.77. The molecule has 3 heteroatoms. The molecule has 1 heterocycles. The molecule has 1 aromatic heterocycles.